The molecule has 7 nitrogen and oxygen atoms in total. The van der Waals surface area contributed by atoms with Gasteiger partial charge in [0.2, 0.25) is 0 Å². The van der Waals surface area contributed by atoms with Crippen LogP contribution in [0.4, 0.5) is 4.79 Å². The molecule has 5 aliphatic carbocycles. The largest absolute Gasteiger partial charge is 0.452 e. The molecule has 7 heteroatoms. The van der Waals surface area contributed by atoms with Crippen molar-refractivity contribution in [1.82, 2.24) is 15.6 Å². The number of benzene rings is 1. The average molecular weight is 464 g/mol. The predicted octanol–water partition coefficient (Wildman–Crippen LogP) is 4.24. The first-order valence-electron chi connectivity index (χ1n) is 12.8. The number of urea groups is 1. The lowest BCUT2D eigenvalue weighted by molar-refractivity contribution is -0.123. The van der Waals surface area contributed by atoms with Crippen molar-refractivity contribution in [1.29, 1.82) is 0 Å². The second-order valence-corrected chi connectivity index (χ2v) is 11.5. The summed E-state index contributed by atoms with van der Waals surface area (Å²) in [6.07, 6.45) is 10.1. The monoisotopic (exact) mass is 463 g/mol. The van der Waals surface area contributed by atoms with Gasteiger partial charge in [-0.15, -0.1) is 0 Å². The number of amides is 3. The lowest BCUT2D eigenvalue weighted by Gasteiger charge is -2.56. The van der Waals surface area contributed by atoms with Gasteiger partial charge in [-0.25, -0.2) is 9.59 Å². The Labute approximate surface area is 199 Å². The molecule has 0 saturated heterocycles. The van der Waals surface area contributed by atoms with Gasteiger partial charge in [-0.1, -0.05) is 6.92 Å². The van der Waals surface area contributed by atoms with Crippen molar-refractivity contribution < 1.29 is 19.1 Å². The van der Waals surface area contributed by atoms with E-state index >= 15 is 0 Å². The van der Waals surface area contributed by atoms with Gasteiger partial charge in [0.15, 0.2) is 6.61 Å². The van der Waals surface area contributed by atoms with E-state index in [0.29, 0.717) is 29.2 Å². The quantitative estimate of drug-likeness (QED) is 0.590. The van der Waals surface area contributed by atoms with Crippen LogP contribution in [0.5, 0.6) is 0 Å². The van der Waals surface area contributed by atoms with Crippen molar-refractivity contribution >= 4 is 28.8 Å². The average Bonchev–Trinajstić information content (AvgIpc) is 3.13. The first-order chi connectivity index (χ1) is 16.4. The molecule has 180 valence electrons. The minimum absolute atomic E-state index is 0.168. The number of esters is 1. The molecule has 5 aliphatic rings. The predicted molar refractivity (Wildman–Crippen MR) is 127 cm³/mol. The van der Waals surface area contributed by atoms with Crippen LogP contribution < -0.4 is 10.6 Å². The summed E-state index contributed by atoms with van der Waals surface area (Å²) in [4.78, 5) is 41.0. The maximum Gasteiger partial charge on any atom is 0.338 e. The molecule has 3 amide bonds. The number of nitrogens with one attached hydrogen (secondary N) is 3. The lowest BCUT2D eigenvalue weighted by Crippen LogP contribution is -2.62. The van der Waals surface area contributed by atoms with Crippen LogP contribution in [0.25, 0.3) is 10.9 Å². The number of aromatic nitrogens is 1. The number of rotatable bonds is 4. The molecule has 1 atom stereocenters. The number of aromatic amines is 1. The number of carbonyl (C=O) groups is 3. The number of H-pyrrole nitrogens is 1. The van der Waals surface area contributed by atoms with Crippen LogP contribution in [0.2, 0.25) is 0 Å². The number of hydrogen-bond donors (Lipinski definition) is 3. The highest BCUT2D eigenvalue weighted by Gasteiger charge is 2.51. The molecule has 4 saturated carbocycles. The van der Waals surface area contributed by atoms with Crippen molar-refractivity contribution in [2.45, 2.75) is 70.3 Å². The standard InChI is InChI=1S/C27H33N3O4/c1-15-2-4-22-20(6-15)21-10-19(3-5-23(21)28-22)25(32)34-14-24(31)29-26(33)30-27-11-16-7-17(12-27)9-18(8-16)13-27/h3,5,10,15-18,28H,2,4,6-9,11-14H2,1H3,(H2,29,30,31,33)/t15-,16?,17?,18?,27?/m1/s1. The van der Waals surface area contributed by atoms with E-state index < -0.39 is 24.5 Å². The zero-order chi connectivity index (χ0) is 23.4. The van der Waals surface area contributed by atoms with E-state index in [2.05, 4.69) is 22.5 Å². The zero-order valence-corrected chi connectivity index (χ0v) is 19.7. The van der Waals surface area contributed by atoms with Crippen LogP contribution in [-0.4, -0.2) is 35.0 Å². The maximum atomic E-state index is 12.6. The first-order valence-corrected chi connectivity index (χ1v) is 12.8. The molecule has 2 aromatic rings. The summed E-state index contributed by atoms with van der Waals surface area (Å²) in [7, 11) is 0. The Balaban J connectivity index is 1.04. The van der Waals surface area contributed by atoms with E-state index in [9.17, 15) is 14.4 Å². The number of fused-ring (bicyclic) bond motifs is 3. The van der Waals surface area contributed by atoms with Crippen LogP contribution >= 0.6 is 0 Å². The maximum absolute atomic E-state index is 12.6. The highest BCUT2D eigenvalue weighted by Crippen LogP contribution is 2.55. The van der Waals surface area contributed by atoms with Crippen molar-refractivity contribution in [3.63, 3.8) is 0 Å². The summed E-state index contributed by atoms with van der Waals surface area (Å²) < 4.78 is 5.23. The first kappa shape index (κ1) is 21.7. The molecule has 0 unspecified atom stereocenters. The minimum Gasteiger partial charge on any atom is -0.452 e. The molecular weight excluding hydrogens is 430 g/mol. The SMILES string of the molecule is C[C@@H]1CCc2[nH]c3ccc(C(=O)OCC(=O)NC(=O)NC45CC6CC(CC(C6)C4)C5)cc3c2C1. The molecule has 1 aromatic heterocycles. The van der Waals surface area contributed by atoms with Crippen molar-refractivity contribution in [2.24, 2.45) is 23.7 Å². The molecule has 0 aliphatic heterocycles. The highest BCUT2D eigenvalue weighted by molar-refractivity contribution is 5.99. The Hall–Kier alpha value is -2.83. The Morgan fingerprint density at radius 1 is 1.09 bits per heavy atom. The summed E-state index contributed by atoms with van der Waals surface area (Å²) in [5, 5.41) is 6.52. The fourth-order valence-corrected chi connectivity index (χ4v) is 7.63. The van der Waals surface area contributed by atoms with E-state index in [1.807, 2.05) is 12.1 Å². The van der Waals surface area contributed by atoms with Crippen LogP contribution in [0.3, 0.4) is 0 Å². The van der Waals surface area contributed by atoms with E-state index in [1.165, 1.54) is 36.9 Å². The third kappa shape index (κ3) is 3.99. The van der Waals surface area contributed by atoms with Gasteiger partial charge in [-0.2, -0.15) is 0 Å². The highest BCUT2D eigenvalue weighted by atomic mass is 16.5. The molecule has 0 spiro atoms. The van der Waals surface area contributed by atoms with Crippen LogP contribution in [-0.2, 0) is 22.4 Å². The summed E-state index contributed by atoms with van der Waals surface area (Å²) >= 11 is 0. The summed E-state index contributed by atoms with van der Waals surface area (Å²) in [6, 6.07) is 4.99. The lowest BCUT2D eigenvalue weighted by atomic mass is 9.53. The second kappa shape index (κ2) is 8.14. The summed E-state index contributed by atoms with van der Waals surface area (Å²) in [5.74, 6) is 1.57. The van der Waals surface area contributed by atoms with Crippen LogP contribution in [0.1, 0.15) is 73.5 Å². The molecule has 3 N–H and O–H groups in total. The molecule has 4 fully saturated rings. The number of ether oxygens (including phenoxy) is 1. The molecule has 34 heavy (non-hydrogen) atoms. The van der Waals surface area contributed by atoms with Crippen LogP contribution in [0.15, 0.2) is 18.2 Å². The third-order valence-corrected chi connectivity index (χ3v) is 8.67. The van der Waals surface area contributed by atoms with Gasteiger partial charge in [0, 0.05) is 22.1 Å². The van der Waals surface area contributed by atoms with E-state index in [0.717, 1.165) is 43.0 Å². The van der Waals surface area contributed by atoms with Gasteiger partial charge < -0.3 is 15.0 Å². The fourth-order valence-electron chi connectivity index (χ4n) is 7.63. The Kier molecular flexibility index (Phi) is 5.19. The number of hydrogen-bond acceptors (Lipinski definition) is 4. The zero-order valence-electron chi connectivity index (χ0n) is 19.7. The fraction of sp³-hybridized carbons (Fsp3) is 0.593. The molecule has 7 rings (SSSR count). The minimum atomic E-state index is -0.607. The number of carbonyl (C=O) groups excluding carboxylic acids is 3. The third-order valence-electron chi connectivity index (χ3n) is 8.67. The van der Waals surface area contributed by atoms with E-state index in [4.69, 9.17) is 4.74 Å². The van der Waals surface area contributed by atoms with Gasteiger partial charge >= 0.3 is 12.0 Å². The van der Waals surface area contributed by atoms with Gasteiger partial charge in [0.1, 0.15) is 0 Å². The summed E-state index contributed by atoms with van der Waals surface area (Å²) in [6.45, 7) is 1.77. The van der Waals surface area contributed by atoms with Gasteiger partial charge in [0.05, 0.1) is 5.56 Å². The topological polar surface area (TPSA) is 100 Å². The van der Waals surface area contributed by atoms with Gasteiger partial charge in [0.25, 0.3) is 5.91 Å². The van der Waals surface area contributed by atoms with Crippen molar-refractivity contribution in [3.8, 4) is 0 Å². The van der Waals surface area contributed by atoms with E-state index in [-0.39, 0.29) is 5.54 Å². The van der Waals surface area contributed by atoms with Crippen molar-refractivity contribution in [3.05, 3.63) is 35.0 Å². The molecule has 4 bridgehead atoms. The molecular formula is C27H33N3O4. The van der Waals surface area contributed by atoms with Gasteiger partial charge in [-0.3, -0.25) is 10.1 Å². The molecule has 0 radical (unpaired) electrons. The Bertz CT molecular complexity index is 1130. The van der Waals surface area contributed by atoms with E-state index in [1.54, 1.807) is 6.07 Å². The Morgan fingerprint density at radius 3 is 2.50 bits per heavy atom. The van der Waals surface area contributed by atoms with Gasteiger partial charge in [-0.05, 0) is 105 Å². The Morgan fingerprint density at radius 2 is 1.79 bits per heavy atom. The normalized spacial score (nSPS) is 31.2. The summed E-state index contributed by atoms with van der Waals surface area (Å²) in [5.41, 5.74) is 3.80. The molecule has 1 heterocycles. The second-order valence-electron chi connectivity index (χ2n) is 11.5. The van der Waals surface area contributed by atoms with Crippen LogP contribution in [0, 0.1) is 23.7 Å². The van der Waals surface area contributed by atoms with Crippen molar-refractivity contribution in [2.75, 3.05) is 6.61 Å². The molecule has 1 aromatic carbocycles. The smallest absolute Gasteiger partial charge is 0.338 e. The number of aryl methyl sites for hydroxylation is 1. The number of imide groups is 1.